The van der Waals surface area contributed by atoms with Crippen molar-refractivity contribution in [1.82, 2.24) is 20.3 Å². The monoisotopic (exact) mass is 428 g/mol. The summed E-state index contributed by atoms with van der Waals surface area (Å²) in [4.78, 5) is 36.0. The number of aromatic nitrogens is 3. The van der Waals surface area contributed by atoms with Crippen molar-refractivity contribution in [2.24, 2.45) is 0 Å². The molecule has 0 spiro atoms. The lowest BCUT2D eigenvalue weighted by Crippen LogP contribution is -2.27. The van der Waals surface area contributed by atoms with Crippen molar-refractivity contribution in [3.05, 3.63) is 62.5 Å². The Kier molecular flexibility index (Phi) is 7.22. The Hall–Kier alpha value is -2.45. The summed E-state index contributed by atoms with van der Waals surface area (Å²) < 4.78 is 0. The van der Waals surface area contributed by atoms with Crippen LogP contribution in [0.4, 0.5) is 0 Å². The van der Waals surface area contributed by atoms with E-state index in [9.17, 15) is 9.59 Å². The number of amides is 1. The van der Waals surface area contributed by atoms with Crippen LogP contribution >= 0.6 is 23.1 Å². The normalized spacial score (nSPS) is 10.9. The van der Waals surface area contributed by atoms with Gasteiger partial charge in [-0.05, 0) is 26.5 Å². The van der Waals surface area contributed by atoms with Gasteiger partial charge >= 0.3 is 0 Å². The lowest BCUT2D eigenvalue weighted by Gasteiger charge is -2.07. The minimum Gasteiger partial charge on any atom is -0.356 e. The van der Waals surface area contributed by atoms with Crippen LogP contribution in [-0.2, 0) is 17.6 Å². The Balaban J connectivity index is 1.47. The van der Waals surface area contributed by atoms with Crippen molar-refractivity contribution in [1.29, 1.82) is 0 Å². The molecule has 1 aromatic carbocycles. The van der Waals surface area contributed by atoms with Gasteiger partial charge < -0.3 is 10.3 Å². The van der Waals surface area contributed by atoms with Crippen LogP contribution in [0, 0.1) is 13.8 Å². The maximum atomic E-state index is 12.1. The van der Waals surface area contributed by atoms with Crippen LogP contribution in [0.25, 0.3) is 10.6 Å². The van der Waals surface area contributed by atoms with Crippen LogP contribution in [-0.4, -0.2) is 33.7 Å². The van der Waals surface area contributed by atoms with Gasteiger partial charge in [-0.25, -0.2) is 9.97 Å². The number of H-pyrrole nitrogens is 1. The molecule has 2 aromatic heterocycles. The number of hydrogen-bond acceptors (Lipinski definition) is 6. The molecule has 0 bridgehead atoms. The predicted molar refractivity (Wildman–Crippen MR) is 119 cm³/mol. The topological polar surface area (TPSA) is 87.7 Å². The van der Waals surface area contributed by atoms with E-state index < -0.39 is 0 Å². The average Bonchev–Trinajstić information content (AvgIpc) is 3.16. The lowest BCUT2D eigenvalue weighted by molar-refractivity contribution is -0.121. The van der Waals surface area contributed by atoms with Gasteiger partial charge in [-0.2, -0.15) is 0 Å². The van der Waals surface area contributed by atoms with E-state index in [-0.39, 0.29) is 17.9 Å². The number of nitrogens with zero attached hydrogens (tertiary/aromatic N) is 2. The first kappa shape index (κ1) is 21.3. The molecule has 152 valence electrons. The molecule has 3 rings (SSSR count). The van der Waals surface area contributed by atoms with E-state index in [1.54, 1.807) is 18.3 Å². The molecule has 29 heavy (non-hydrogen) atoms. The summed E-state index contributed by atoms with van der Waals surface area (Å²) in [7, 11) is 0. The second-order valence-corrected chi connectivity index (χ2v) is 8.40. The Morgan fingerprint density at radius 3 is 2.62 bits per heavy atom. The van der Waals surface area contributed by atoms with Gasteiger partial charge in [-0.1, -0.05) is 41.6 Å². The van der Waals surface area contributed by atoms with Gasteiger partial charge in [0.1, 0.15) is 5.01 Å². The van der Waals surface area contributed by atoms with Crippen LogP contribution < -0.4 is 10.9 Å². The molecular formula is C21H24N4O2S2. The molecule has 8 heteroatoms. The molecule has 0 atom stereocenters. The summed E-state index contributed by atoms with van der Waals surface area (Å²) >= 11 is 3.00. The molecule has 0 radical (unpaired) electrons. The highest BCUT2D eigenvalue weighted by Crippen LogP contribution is 2.24. The molecule has 0 unspecified atom stereocenters. The maximum absolute atomic E-state index is 12.1. The standard InChI is InChI=1S/C21H24N4O2S2/c1-13-4-6-15(7-5-13)20-24-16(12-29-20)10-11-22-18(26)9-8-17-14(2)23-21(28-3)25-19(17)27/h4-7,12H,8-11H2,1-3H3,(H,22,26)(H,23,25,27). The zero-order valence-electron chi connectivity index (χ0n) is 16.7. The molecule has 0 aliphatic carbocycles. The SMILES string of the molecule is CSc1nc(C)c(CCC(=O)NCCc2csc(-c3ccc(C)cc3)n2)c(=O)[nH]1. The van der Waals surface area contributed by atoms with E-state index in [1.807, 2.05) is 11.6 Å². The fraction of sp³-hybridized carbons (Fsp3) is 0.333. The highest BCUT2D eigenvalue weighted by Gasteiger charge is 2.11. The Labute approximate surface area is 178 Å². The van der Waals surface area contributed by atoms with Crippen LogP contribution in [0.5, 0.6) is 0 Å². The predicted octanol–water partition coefficient (Wildman–Crippen LogP) is 3.52. The summed E-state index contributed by atoms with van der Waals surface area (Å²) in [6.07, 6.45) is 3.17. The van der Waals surface area contributed by atoms with Crippen LogP contribution in [0.1, 0.15) is 28.9 Å². The smallest absolute Gasteiger partial charge is 0.254 e. The van der Waals surface area contributed by atoms with Gasteiger partial charge in [0, 0.05) is 41.6 Å². The number of benzene rings is 1. The number of carbonyl (C=O) groups is 1. The quantitative estimate of drug-likeness (QED) is 0.423. The van der Waals surface area contributed by atoms with Gasteiger partial charge in [0.2, 0.25) is 5.91 Å². The molecule has 0 saturated heterocycles. The van der Waals surface area contributed by atoms with Crippen LogP contribution in [0.15, 0.2) is 39.6 Å². The van der Waals surface area contributed by atoms with Gasteiger partial charge in [-0.15, -0.1) is 11.3 Å². The van der Waals surface area contributed by atoms with E-state index in [0.717, 1.165) is 16.3 Å². The molecule has 1 amide bonds. The molecule has 6 nitrogen and oxygen atoms in total. The summed E-state index contributed by atoms with van der Waals surface area (Å²) in [5.74, 6) is -0.0771. The van der Waals surface area contributed by atoms with Crippen LogP contribution in [0.2, 0.25) is 0 Å². The van der Waals surface area contributed by atoms with Gasteiger partial charge in [-0.3, -0.25) is 9.59 Å². The molecular weight excluding hydrogens is 404 g/mol. The minimum absolute atomic E-state index is 0.0771. The third-order valence-electron chi connectivity index (χ3n) is 4.55. The maximum Gasteiger partial charge on any atom is 0.254 e. The van der Waals surface area contributed by atoms with E-state index >= 15 is 0 Å². The molecule has 0 fully saturated rings. The summed E-state index contributed by atoms with van der Waals surface area (Å²) in [5, 5.41) is 6.52. The molecule has 0 aliphatic rings. The first-order chi connectivity index (χ1) is 14.0. The third kappa shape index (κ3) is 5.77. The van der Waals surface area contributed by atoms with Crippen LogP contribution in [0.3, 0.4) is 0 Å². The Bertz CT molecular complexity index is 1040. The summed E-state index contributed by atoms with van der Waals surface area (Å²) in [5.41, 5.74) is 4.38. The van der Waals surface area contributed by atoms with E-state index in [1.165, 1.54) is 17.3 Å². The van der Waals surface area contributed by atoms with Crippen molar-refractivity contribution in [3.63, 3.8) is 0 Å². The number of nitrogens with one attached hydrogen (secondary N) is 2. The number of thiazole rings is 1. The molecule has 3 aromatic rings. The highest BCUT2D eigenvalue weighted by atomic mass is 32.2. The number of carbonyl (C=O) groups excluding carboxylic acids is 1. The number of rotatable bonds is 8. The van der Waals surface area contributed by atoms with Gasteiger partial charge in [0.05, 0.1) is 5.69 Å². The molecule has 2 heterocycles. The first-order valence-electron chi connectivity index (χ1n) is 9.38. The van der Waals surface area contributed by atoms with Crippen molar-refractivity contribution < 1.29 is 4.79 Å². The third-order valence-corrected chi connectivity index (χ3v) is 6.07. The summed E-state index contributed by atoms with van der Waals surface area (Å²) in [6.45, 7) is 4.39. The number of aromatic amines is 1. The molecule has 0 saturated carbocycles. The van der Waals surface area contributed by atoms with Crippen molar-refractivity contribution in [3.8, 4) is 10.6 Å². The second kappa shape index (κ2) is 9.84. The van der Waals surface area contributed by atoms with E-state index in [4.69, 9.17) is 0 Å². The zero-order valence-corrected chi connectivity index (χ0v) is 18.4. The second-order valence-electron chi connectivity index (χ2n) is 6.75. The fourth-order valence-corrected chi connectivity index (χ4v) is 4.17. The van der Waals surface area contributed by atoms with E-state index in [2.05, 4.69) is 51.5 Å². The van der Waals surface area contributed by atoms with Crippen molar-refractivity contribution >= 4 is 29.0 Å². The number of hydrogen-bond donors (Lipinski definition) is 2. The summed E-state index contributed by atoms with van der Waals surface area (Å²) in [6, 6.07) is 8.30. The largest absolute Gasteiger partial charge is 0.356 e. The van der Waals surface area contributed by atoms with Crippen molar-refractivity contribution in [2.75, 3.05) is 12.8 Å². The Morgan fingerprint density at radius 1 is 1.17 bits per heavy atom. The molecule has 2 N–H and O–H groups in total. The van der Waals surface area contributed by atoms with Gasteiger partial charge in [0.15, 0.2) is 5.16 Å². The van der Waals surface area contributed by atoms with E-state index in [0.29, 0.717) is 35.8 Å². The van der Waals surface area contributed by atoms with Gasteiger partial charge in [0.25, 0.3) is 5.56 Å². The molecule has 0 aliphatic heterocycles. The number of aryl methyl sites for hydroxylation is 2. The Morgan fingerprint density at radius 2 is 1.93 bits per heavy atom. The minimum atomic E-state index is -0.166. The van der Waals surface area contributed by atoms with Crippen molar-refractivity contribution in [2.45, 2.75) is 38.3 Å². The average molecular weight is 429 g/mol. The lowest BCUT2D eigenvalue weighted by atomic mass is 10.1. The fourth-order valence-electron chi connectivity index (χ4n) is 2.88. The zero-order chi connectivity index (χ0) is 20.8. The first-order valence-corrected chi connectivity index (χ1v) is 11.5. The highest BCUT2D eigenvalue weighted by molar-refractivity contribution is 7.98. The number of thioether (sulfide) groups is 1.